The van der Waals surface area contributed by atoms with Crippen molar-refractivity contribution >= 4 is 17.1 Å². The van der Waals surface area contributed by atoms with Gasteiger partial charge < -0.3 is 15.2 Å². The van der Waals surface area contributed by atoms with Crippen molar-refractivity contribution in [2.45, 2.75) is 6.54 Å². The summed E-state index contributed by atoms with van der Waals surface area (Å²) in [6.07, 6.45) is 0. The minimum absolute atomic E-state index is 0.119. The second-order valence-electron chi connectivity index (χ2n) is 8.16. The smallest absolute Gasteiger partial charge is 0.335 e. The van der Waals surface area contributed by atoms with Crippen LogP contribution in [0.5, 0.6) is 11.5 Å². The number of nitrogens with two attached hydrogens (primary N) is 1. The average Bonchev–Trinajstić information content (AvgIpc) is 3.19. The summed E-state index contributed by atoms with van der Waals surface area (Å²) < 4.78 is 27.2. The van der Waals surface area contributed by atoms with Gasteiger partial charge in [0.05, 0.1) is 32.0 Å². The summed E-state index contributed by atoms with van der Waals surface area (Å²) in [6, 6.07) is 19.7. The van der Waals surface area contributed by atoms with Gasteiger partial charge in [-0.3, -0.25) is 9.36 Å². The molecule has 186 valence electrons. The first-order valence-electron chi connectivity index (χ1n) is 11.3. The number of methoxy groups -OCH3 is 2. The highest BCUT2D eigenvalue weighted by atomic mass is 19.1. The van der Waals surface area contributed by atoms with Crippen LogP contribution in [0.15, 0.2) is 77.6 Å². The Labute approximate surface area is 210 Å². The number of amides is 1. The molecular weight excluding hydrogens is 477 g/mol. The maximum Gasteiger partial charge on any atom is 0.335 e. The lowest BCUT2D eigenvalue weighted by atomic mass is 10.1. The minimum atomic E-state index is -0.834. The number of halogens is 1. The Balaban J connectivity index is 1.86. The Morgan fingerprint density at radius 3 is 2.35 bits per heavy atom. The summed E-state index contributed by atoms with van der Waals surface area (Å²) in [5, 5.41) is 0. The molecule has 0 aliphatic heterocycles. The van der Waals surface area contributed by atoms with Crippen LogP contribution in [-0.2, 0) is 6.54 Å². The van der Waals surface area contributed by atoms with Gasteiger partial charge in [-0.25, -0.2) is 23.7 Å². The van der Waals surface area contributed by atoms with Crippen LogP contribution in [0.1, 0.15) is 16.1 Å². The first-order chi connectivity index (χ1) is 17.9. The molecule has 10 heteroatoms. The van der Waals surface area contributed by atoms with E-state index in [4.69, 9.17) is 15.2 Å². The first-order valence-corrected chi connectivity index (χ1v) is 11.3. The molecule has 0 atom stereocenters. The fraction of sp³-hybridized carbons (Fsp3) is 0.111. The van der Waals surface area contributed by atoms with Crippen molar-refractivity contribution in [3.63, 3.8) is 0 Å². The highest BCUT2D eigenvalue weighted by Crippen LogP contribution is 2.33. The molecule has 2 aromatic heterocycles. The van der Waals surface area contributed by atoms with E-state index >= 15 is 0 Å². The van der Waals surface area contributed by atoms with E-state index in [1.807, 2.05) is 30.3 Å². The summed E-state index contributed by atoms with van der Waals surface area (Å²) in [6.45, 7) is 0.138. The van der Waals surface area contributed by atoms with Gasteiger partial charge in [0.15, 0.2) is 17.2 Å². The van der Waals surface area contributed by atoms with Crippen LogP contribution in [-0.4, -0.2) is 39.2 Å². The Bertz CT molecular complexity index is 1680. The SMILES string of the molecule is COc1ccc(-c2nc(C(N)=O)c3c(n2)n(-c2ccc(F)cc2)c(=O)n3Cc2ccccc2)c(OC)c1. The zero-order valence-corrected chi connectivity index (χ0v) is 20.0. The number of hydrogen-bond donors (Lipinski definition) is 1. The third-order valence-corrected chi connectivity index (χ3v) is 5.92. The van der Waals surface area contributed by atoms with E-state index in [2.05, 4.69) is 9.97 Å². The summed E-state index contributed by atoms with van der Waals surface area (Å²) >= 11 is 0. The van der Waals surface area contributed by atoms with Gasteiger partial charge in [0.25, 0.3) is 5.91 Å². The van der Waals surface area contributed by atoms with Crippen molar-refractivity contribution in [2.24, 2.45) is 5.73 Å². The zero-order valence-electron chi connectivity index (χ0n) is 20.0. The number of benzene rings is 3. The molecule has 3 aromatic carbocycles. The molecule has 0 bridgehead atoms. The largest absolute Gasteiger partial charge is 0.497 e. The molecule has 0 aliphatic rings. The van der Waals surface area contributed by atoms with E-state index in [9.17, 15) is 14.0 Å². The lowest BCUT2D eigenvalue weighted by molar-refractivity contribution is 0.0997. The van der Waals surface area contributed by atoms with Gasteiger partial charge >= 0.3 is 5.69 Å². The van der Waals surface area contributed by atoms with E-state index in [1.165, 1.54) is 47.6 Å². The summed E-state index contributed by atoms with van der Waals surface area (Å²) in [4.78, 5) is 35.6. The normalized spacial score (nSPS) is 11.0. The Morgan fingerprint density at radius 2 is 1.70 bits per heavy atom. The molecule has 5 aromatic rings. The van der Waals surface area contributed by atoms with Gasteiger partial charge in [-0.05, 0) is 42.0 Å². The number of fused-ring (bicyclic) bond motifs is 1. The quantitative estimate of drug-likeness (QED) is 0.366. The maximum atomic E-state index is 13.8. The number of aromatic nitrogens is 4. The standard InChI is InChI=1S/C27H22FN5O4/c1-36-19-12-13-20(21(14-19)37-2)25-30-22(24(29)34)23-26(31-25)33(18-10-8-17(28)9-11-18)27(35)32(23)15-16-6-4-3-5-7-16/h3-14H,15H2,1-2H3,(H2,29,34). The molecule has 0 fully saturated rings. The third kappa shape index (κ3) is 4.29. The number of nitrogens with zero attached hydrogens (tertiary/aromatic N) is 4. The van der Waals surface area contributed by atoms with Crippen molar-refractivity contribution in [3.8, 4) is 28.6 Å². The monoisotopic (exact) mass is 499 g/mol. The first kappa shape index (κ1) is 23.7. The highest BCUT2D eigenvalue weighted by molar-refractivity contribution is 6.02. The van der Waals surface area contributed by atoms with Gasteiger partial charge in [0, 0.05) is 6.07 Å². The fourth-order valence-corrected chi connectivity index (χ4v) is 4.17. The predicted molar refractivity (Wildman–Crippen MR) is 136 cm³/mol. The molecular formula is C27H22FN5O4. The van der Waals surface area contributed by atoms with Crippen molar-refractivity contribution in [3.05, 3.63) is 100 Å². The van der Waals surface area contributed by atoms with Crippen LogP contribution in [0, 0.1) is 5.82 Å². The van der Waals surface area contributed by atoms with Gasteiger partial charge in [0.2, 0.25) is 0 Å². The van der Waals surface area contributed by atoms with E-state index in [0.717, 1.165) is 5.56 Å². The van der Waals surface area contributed by atoms with E-state index in [-0.39, 0.29) is 29.2 Å². The van der Waals surface area contributed by atoms with Crippen LogP contribution in [0.2, 0.25) is 0 Å². The van der Waals surface area contributed by atoms with Crippen molar-refractivity contribution in [1.82, 2.24) is 19.1 Å². The van der Waals surface area contributed by atoms with Crippen LogP contribution in [0.25, 0.3) is 28.2 Å². The molecule has 2 N–H and O–H groups in total. The molecule has 5 rings (SSSR count). The van der Waals surface area contributed by atoms with Crippen LogP contribution >= 0.6 is 0 Å². The fourth-order valence-electron chi connectivity index (χ4n) is 4.17. The summed E-state index contributed by atoms with van der Waals surface area (Å²) in [5.74, 6) is -0.226. The van der Waals surface area contributed by atoms with Crippen LogP contribution < -0.4 is 20.9 Å². The second-order valence-corrected chi connectivity index (χ2v) is 8.16. The van der Waals surface area contributed by atoms with E-state index < -0.39 is 17.4 Å². The number of primary amides is 1. The molecule has 0 saturated carbocycles. The third-order valence-electron chi connectivity index (χ3n) is 5.92. The predicted octanol–water partition coefficient (Wildman–Crippen LogP) is 3.55. The van der Waals surface area contributed by atoms with Gasteiger partial charge in [0.1, 0.15) is 22.8 Å². The highest BCUT2D eigenvalue weighted by Gasteiger charge is 2.25. The number of carbonyl (C=O) groups excluding carboxylic acids is 1. The molecule has 0 radical (unpaired) electrons. The minimum Gasteiger partial charge on any atom is -0.497 e. The Morgan fingerprint density at radius 1 is 0.973 bits per heavy atom. The molecule has 1 amide bonds. The maximum absolute atomic E-state index is 13.8. The molecule has 0 aliphatic carbocycles. The number of imidazole rings is 1. The van der Waals surface area contributed by atoms with E-state index in [0.29, 0.717) is 22.7 Å². The summed E-state index contributed by atoms with van der Waals surface area (Å²) in [7, 11) is 3.01. The van der Waals surface area contributed by atoms with Crippen molar-refractivity contribution in [1.29, 1.82) is 0 Å². The average molecular weight is 500 g/mol. The van der Waals surface area contributed by atoms with Crippen molar-refractivity contribution in [2.75, 3.05) is 14.2 Å². The molecule has 37 heavy (non-hydrogen) atoms. The van der Waals surface area contributed by atoms with Gasteiger partial charge in [-0.1, -0.05) is 30.3 Å². The van der Waals surface area contributed by atoms with Crippen molar-refractivity contribution < 1.29 is 18.7 Å². The molecule has 0 spiro atoms. The topological polar surface area (TPSA) is 114 Å². The number of hydrogen-bond acceptors (Lipinski definition) is 6. The Kier molecular flexibility index (Phi) is 6.14. The van der Waals surface area contributed by atoms with Gasteiger partial charge in [-0.15, -0.1) is 0 Å². The van der Waals surface area contributed by atoms with Crippen LogP contribution in [0.3, 0.4) is 0 Å². The molecule has 0 saturated heterocycles. The van der Waals surface area contributed by atoms with Gasteiger partial charge in [-0.2, -0.15) is 0 Å². The van der Waals surface area contributed by atoms with E-state index in [1.54, 1.807) is 18.2 Å². The number of rotatable bonds is 7. The zero-order chi connectivity index (χ0) is 26.1. The summed E-state index contributed by atoms with van der Waals surface area (Å²) in [5.41, 5.74) is 7.11. The molecule has 2 heterocycles. The Hall–Kier alpha value is -4.99. The number of ether oxygens (including phenoxy) is 2. The second kappa shape index (κ2) is 9.57. The molecule has 9 nitrogen and oxygen atoms in total. The molecule has 0 unspecified atom stereocenters. The number of carbonyl (C=O) groups is 1. The lowest BCUT2D eigenvalue weighted by Gasteiger charge is -2.11. The lowest BCUT2D eigenvalue weighted by Crippen LogP contribution is -2.24. The van der Waals surface area contributed by atoms with Crippen LogP contribution in [0.4, 0.5) is 4.39 Å².